The van der Waals surface area contributed by atoms with Crippen molar-refractivity contribution in [1.82, 2.24) is 0 Å². The third-order valence-corrected chi connectivity index (χ3v) is 3.22. The monoisotopic (exact) mass is 199 g/mol. The predicted molar refractivity (Wildman–Crippen MR) is 56.7 cm³/mol. The zero-order chi connectivity index (χ0) is 10.1. The highest BCUT2D eigenvalue weighted by atomic mass is 32.1. The molecule has 0 aliphatic rings. The topological polar surface area (TPSA) is 46.2 Å². The van der Waals surface area contributed by atoms with Crippen LogP contribution in [0.4, 0.5) is 0 Å². The number of hydrogen-bond donors (Lipinski definition) is 2. The van der Waals surface area contributed by atoms with Crippen molar-refractivity contribution in [3.63, 3.8) is 0 Å². The third-order valence-electron chi connectivity index (χ3n) is 2.53. The number of hydrogen-bond acceptors (Lipinski definition) is 3. The van der Waals surface area contributed by atoms with Crippen LogP contribution in [0, 0.1) is 5.41 Å². The van der Waals surface area contributed by atoms with Crippen LogP contribution >= 0.6 is 11.3 Å². The van der Waals surface area contributed by atoms with Crippen molar-refractivity contribution in [3.05, 3.63) is 22.4 Å². The Balaban J connectivity index is 3.09. The maximum Gasteiger partial charge on any atom is 0.107 e. The molecule has 74 valence electrons. The van der Waals surface area contributed by atoms with E-state index in [1.165, 1.54) is 0 Å². The fourth-order valence-electron chi connectivity index (χ4n) is 1.36. The molecule has 0 spiro atoms. The molecule has 1 heterocycles. The first-order valence-electron chi connectivity index (χ1n) is 4.37. The zero-order valence-electron chi connectivity index (χ0n) is 8.37. The second-order valence-electron chi connectivity index (χ2n) is 4.33. The van der Waals surface area contributed by atoms with Gasteiger partial charge in [0.15, 0.2) is 0 Å². The Morgan fingerprint density at radius 3 is 2.38 bits per heavy atom. The molecule has 1 atom stereocenters. The van der Waals surface area contributed by atoms with Crippen LogP contribution < -0.4 is 5.73 Å². The average Bonchev–Trinajstić information content (AvgIpc) is 2.52. The molecule has 0 bridgehead atoms. The Bertz CT molecular complexity index is 263. The van der Waals surface area contributed by atoms with Crippen LogP contribution in [0.5, 0.6) is 0 Å². The summed E-state index contributed by atoms with van der Waals surface area (Å²) in [6, 6.07) is 1.93. The molecule has 13 heavy (non-hydrogen) atoms. The van der Waals surface area contributed by atoms with Crippen molar-refractivity contribution in [3.8, 4) is 0 Å². The minimum atomic E-state index is -0.910. The minimum Gasteiger partial charge on any atom is -0.383 e. The Kier molecular flexibility index (Phi) is 2.80. The molecule has 3 N–H and O–H groups in total. The molecule has 1 unspecified atom stereocenters. The number of rotatable bonds is 2. The lowest BCUT2D eigenvalue weighted by Crippen LogP contribution is -2.46. The van der Waals surface area contributed by atoms with E-state index in [4.69, 9.17) is 5.73 Å². The summed E-state index contributed by atoms with van der Waals surface area (Å²) in [6.07, 6.45) is 0. The SMILES string of the molecule is CC(C)(C)C(O)(CN)c1ccsc1. The van der Waals surface area contributed by atoms with Gasteiger partial charge in [0.25, 0.3) is 0 Å². The van der Waals surface area contributed by atoms with Crippen LogP contribution in [0.1, 0.15) is 26.3 Å². The molecule has 0 amide bonds. The summed E-state index contributed by atoms with van der Waals surface area (Å²) >= 11 is 1.58. The Morgan fingerprint density at radius 1 is 1.46 bits per heavy atom. The van der Waals surface area contributed by atoms with Gasteiger partial charge < -0.3 is 10.8 Å². The third kappa shape index (κ3) is 1.77. The van der Waals surface area contributed by atoms with E-state index >= 15 is 0 Å². The Labute approximate surface area is 83.4 Å². The highest BCUT2D eigenvalue weighted by Crippen LogP contribution is 2.39. The smallest absolute Gasteiger partial charge is 0.107 e. The minimum absolute atomic E-state index is 0.233. The molecule has 0 aromatic carbocycles. The van der Waals surface area contributed by atoms with E-state index < -0.39 is 5.60 Å². The molecule has 1 aromatic rings. The van der Waals surface area contributed by atoms with Crippen LogP contribution in [-0.4, -0.2) is 11.7 Å². The second kappa shape index (κ2) is 3.40. The molecule has 3 heteroatoms. The maximum atomic E-state index is 10.4. The van der Waals surface area contributed by atoms with Gasteiger partial charge in [-0.3, -0.25) is 0 Å². The van der Waals surface area contributed by atoms with Gasteiger partial charge in [-0.15, -0.1) is 0 Å². The lowest BCUT2D eigenvalue weighted by atomic mass is 9.73. The van der Waals surface area contributed by atoms with Crippen molar-refractivity contribution in [2.24, 2.45) is 11.1 Å². The number of aliphatic hydroxyl groups is 1. The van der Waals surface area contributed by atoms with Crippen molar-refractivity contribution in [2.45, 2.75) is 26.4 Å². The van der Waals surface area contributed by atoms with Crippen LogP contribution in [0.2, 0.25) is 0 Å². The maximum absolute atomic E-state index is 10.4. The predicted octanol–water partition coefficient (Wildman–Crippen LogP) is 1.94. The van der Waals surface area contributed by atoms with Crippen LogP contribution in [0.3, 0.4) is 0 Å². The van der Waals surface area contributed by atoms with Gasteiger partial charge in [-0.2, -0.15) is 11.3 Å². The molecule has 0 saturated carbocycles. The van der Waals surface area contributed by atoms with Gasteiger partial charge in [-0.05, 0) is 27.8 Å². The normalized spacial score (nSPS) is 17.0. The average molecular weight is 199 g/mol. The molecule has 0 aliphatic carbocycles. The summed E-state index contributed by atoms with van der Waals surface area (Å²) < 4.78 is 0. The molecular weight excluding hydrogens is 182 g/mol. The van der Waals surface area contributed by atoms with Gasteiger partial charge in [0.05, 0.1) is 0 Å². The first-order chi connectivity index (χ1) is 5.92. The van der Waals surface area contributed by atoms with E-state index in [0.29, 0.717) is 0 Å². The van der Waals surface area contributed by atoms with E-state index in [-0.39, 0.29) is 12.0 Å². The highest BCUT2D eigenvalue weighted by Gasteiger charge is 2.40. The van der Waals surface area contributed by atoms with Gasteiger partial charge in [0.1, 0.15) is 5.60 Å². The lowest BCUT2D eigenvalue weighted by molar-refractivity contribution is -0.0553. The summed E-state index contributed by atoms with van der Waals surface area (Å²) in [4.78, 5) is 0. The summed E-state index contributed by atoms with van der Waals surface area (Å²) in [5.74, 6) is 0. The first-order valence-corrected chi connectivity index (χ1v) is 5.31. The fraction of sp³-hybridized carbons (Fsp3) is 0.600. The lowest BCUT2D eigenvalue weighted by Gasteiger charge is -2.39. The summed E-state index contributed by atoms with van der Waals surface area (Å²) in [5, 5.41) is 14.3. The largest absolute Gasteiger partial charge is 0.383 e. The van der Waals surface area contributed by atoms with Crippen LogP contribution in [0.15, 0.2) is 16.8 Å². The van der Waals surface area contributed by atoms with E-state index in [1.54, 1.807) is 11.3 Å². The van der Waals surface area contributed by atoms with Crippen molar-refractivity contribution in [1.29, 1.82) is 0 Å². The highest BCUT2D eigenvalue weighted by molar-refractivity contribution is 7.08. The fourth-order valence-corrected chi connectivity index (χ4v) is 2.08. The summed E-state index contributed by atoms with van der Waals surface area (Å²) in [7, 11) is 0. The standard InChI is InChI=1S/C10H17NOS/c1-9(2,3)10(12,7-11)8-4-5-13-6-8/h4-6,12H,7,11H2,1-3H3. The number of nitrogens with two attached hydrogens (primary N) is 1. The summed E-state index contributed by atoms with van der Waals surface area (Å²) in [5.41, 5.74) is 5.42. The van der Waals surface area contributed by atoms with Crippen LogP contribution in [0.25, 0.3) is 0 Å². The molecule has 0 saturated heterocycles. The first kappa shape index (κ1) is 10.7. The van der Waals surface area contributed by atoms with E-state index in [0.717, 1.165) is 5.56 Å². The molecule has 0 fully saturated rings. The van der Waals surface area contributed by atoms with Gasteiger partial charge in [0.2, 0.25) is 0 Å². The molecule has 1 aromatic heterocycles. The van der Waals surface area contributed by atoms with Gasteiger partial charge in [0, 0.05) is 6.54 Å². The van der Waals surface area contributed by atoms with E-state index in [2.05, 4.69) is 0 Å². The second-order valence-corrected chi connectivity index (χ2v) is 5.11. The van der Waals surface area contributed by atoms with Crippen molar-refractivity contribution in [2.75, 3.05) is 6.54 Å². The number of thiophene rings is 1. The van der Waals surface area contributed by atoms with Crippen molar-refractivity contribution >= 4 is 11.3 Å². The van der Waals surface area contributed by atoms with Gasteiger partial charge in [-0.1, -0.05) is 20.8 Å². The molecule has 0 radical (unpaired) electrons. The van der Waals surface area contributed by atoms with E-state index in [9.17, 15) is 5.11 Å². The Hall–Kier alpha value is -0.380. The molecule has 0 aliphatic heterocycles. The summed E-state index contributed by atoms with van der Waals surface area (Å²) in [6.45, 7) is 6.25. The van der Waals surface area contributed by atoms with Gasteiger partial charge >= 0.3 is 0 Å². The molecular formula is C10H17NOS. The molecule has 2 nitrogen and oxygen atoms in total. The Morgan fingerprint density at radius 2 is 2.08 bits per heavy atom. The quantitative estimate of drug-likeness (QED) is 0.764. The van der Waals surface area contributed by atoms with Gasteiger partial charge in [-0.25, -0.2) is 0 Å². The zero-order valence-corrected chi connectivity index (χ0v) is 9.19. The van der Waals surface area contributed by atoms with Crippen molar-refractivity contribution < 1.29 is 5.11 Å². The van der Waals surface area contributed by atoms with Crippen LogP contribution in [-0.2, 0) is 5.60 Å². The van der Waals surface area contributed by atoms with E-state index in [1.807, 2.05) is 37.6 Å². The molecule has 1 rings (SSSR count).